The monoisotopic (exact) mass is 344 g/mol. The number of benzene rings is 2. The third-order valence-corrected chi connectivity index (χ3v) is 3.54. The first-order chi connectivity index (χ1) is 12.0. The molecule has 0 spiro atoms. The number of amides is 1. The number of ether oxygens (including phenoxy) is 2. The van der Waals surface area contributed by atoms with Crippen LogP contribution in [-0.2, 0) is 22.6 Å². The van der Waals surface area contributed by atoms with Gasteiger partial charge < -0.3 is 25.6 Å². The summed E-state index contributed by atoms with van der Waals surface area (Å²) in [7, 11) is 1.50. The van der Waals surface area contributed by atoms with Gasteiger partial charge in [-0.2, -0.15) is 0 Å². The summed E-state index contributed by atoms with van der Waals surface area (Å²) in [6.45, 7) is 0.0640. The van der Waals surface area contributed by atoms with Crippen LogP contribution in [-0.4, -0.2) is 30.3 Å². The van der Waals surface area contributed by atoms with Gasteiger partial charge in [0.05, 0.1) is 12.8 Å². The molecular weight excluding hydrogens is 324 g/mol. The molecule has 0 aromatic heterocycles. The van der Waals surface area contributed by atoms with E-state index in [0.717, 1.165) is 5.56 Å². The van der Waals surface area contributed by atoms with Crippen molar-refractivity contribution in [1.82, 2.24) is 5.32 Å². The van der Waals surface area contributed by atoms with Gasteiger partial charge in [-0.15, -0.1) is 0 Å². The molecule has 0 heterocycles. The van der Waals surface area contributed by atoms with E-state index < -0.39 is 18.1 Å². The Balaban J connectivity index is 1.95. The van der Waals surface area contributed by atoms with Crippen LogP contribution in [0.3, 0.4) is 0 Å². The number of rotatable bonds is 7. The summed E-state index contributed by atoms with van der Waals surface area (Å²) in [6, 6.07) is 13.0. The number of hydrogen-bond acceptors (Lipinski definition) is 5. The van der Waals surface area contributed by atoms with Crippen molar-refractivity contribution in [2.75, 3.05) is 12.8 Å². The maximum absolute atomic E-state index is 11.8. The second-order valence-corrected chi connectivity index (χ2v) is 5.38. The number of carboxylic acids is 1. The summed E-state index contributed by atoms with van der Waals surface area (Å²) in [5.41, 5.74) is 7.69. The average molecular weight is 344 g/mol. The van der Waals surface area contributed by atoms with E-state index in [2.05, 4.69) is 5.32 Å². The lowest BCUT2D eigenvalue weighted by Crippen LogP contribution is -2.42. The molecule has 0 saturated heterocycles. The number of carbonyl (C=O) groups is 2. The number of hydrogen-bond donors (Lipinski definition) is 3. The summed E-state index contributed by atoms with van der Waals surface area (Å²) < 4.78 is 10.1. The Bertz CT molecular complexity index is 734. The van der Waals surface area contributed by atoms with Crippen molar-refractivity contribution < 1.29 is 24.2 Å². The van der Waals surface area contributed by atoms with E-state index in [4.69, 9.17) is 15.2 Å². The maximum atomic E-state index is 11.8. The van der Waals surface area contributed by atoms with Crippen molar-refractivity contribution in [3.8, 4) is 5.75 Å². The number of methoxy groups -OCH3 is 1. The Labute approximate surface area is 145 Å². The normalized spacial score (nSPS) is 11.4. The predicted octanol–water partition coefficient (Wildman–Crippen LogP) is 2.20. The Hall–Kier alpha value is -3.22. The van der Waals surface area contributed by atoms with Crippen LogP contribution in [0.25, 0.3) is 0 Å². The minimum Gasteiger partial charge on any atom is -0.495 e. The van der Waals surface area contributed by atoms with Gasteiger partial charge >= 0.3 is 12.1 Å². The molecule has 4 N–H and O–H groups in total. The lowest BCUT2D eigenvalue weighted by atomic mass is 10.1. The van der Waals surface area contributed by atoms with Gasteiger partial charge in [-0.05, 0) is 23.3 Å². The molecule has 0 aliphatic rings. The first-order valence-electron chi connectivity index (χ1n) is 7.62. The fourth-order valence-corrected chi connectivity index (χ4v) is 2.25. The van der Waals surface area contributed by atoms with Crippen molar-refractivity contribution in [2.45, 2.75) is 19.1 Å². The summed E-state index contributed by atoms with van der Waals surface area (Å²) in [5.74, 6) is -0.656. The Morgan fingerprint density at radius 2 is 1.88 bits per heavy atom. The second kappa shape index (κ2) is 8.58. The van der Waals surface area contributed by atoms with E-state index in [1.807, 2.05) is 30.3 Å². The molecule has 132 valence electrons. The third-order valence-electron chi connectivity index (χ3n) is 3.54. The van der Waals surface area contributed by atoms with Crippen LogP contribution in [0.2, 0.25) is 0 Å². The van der Waals surface area contributed by atoms with Crippen molar-refractivity contribution in [2.24, 2.45) is 0 Å². The summed E-state index contributed by atoms with van der Waals surface area (Å²) in [4.78, 5) is 23.2. The molecule has 0 bridgehead atoms. The zero-order valence-corrected chi connectivity index (χ0v) is 13.8. The zero-order chi connectivity index (χ0) is 18.2. The van der Waals surface area contributed by atoms with Crippen LogP contribution in [0.15, 0.2) is 48.5 Å². The van der Waals surface area contributed by atoms with E-state index in [1.54, 1.807) is 18.2 Å². The van der Waals surface area contributed by atoms with Crippen LogP contribution in [0.4, 0.5) is 10.5 Å². The van der Waals surface area contributed by atoms with Gasteiger partial charge in [-0.25, -0.2) is 9.59 Å². The highest BCUT2D eigenvalue weighted by atomic mass is 16.5. The molecule has 0 radical (unpaired) electrons. The molecule has 7 heteroatoms. The van der Waals surface area contributed by atoms with Gasteiger partial charge in [0.2, 0.25) is 0 Å². The first-order valence-corrected chi connectivity index (χ1v) is 7.62. The summed E-state index contributed by atoms with van der Waals surface area (Å²) in [5, 5.41) is 11.7. The summed E-state index contributed by atoms with van der Waals surface area (Å²) in [6.07, 6.45) is -0.720. The minimum atomic E-state index is -1.16. The van der Waals surface area contributed by atoms with Crippen molar-refractivity contribution >= 4 is 17.7 Å². The molecular formula is C18H20N2O5. The van der Waals surface area contributed by atoms with Crippen LogP contribution in [0.1, 0.15) is 11.1 Å². The highest BCUT2D eigenvalue weighted by Crippen LogP contribution is 2.22. The molecule has 2 aromatic carbocycles. The number of nitrogen functional groups attached to an aromatic ring is 1. The topological polar surface area (TPSA) is 111 Å². The number of nitrogens with one attached hydrogen (secondary N) is 1. The Morgan fingerprint density at radius 3 is 2.48 bits per heavy atom. The van der Waals surface area contributed by atoms with Crippen molar-refractivity contribution in [3.63, 3.8) is 0 Å². The molecule has 2 aromatic rings. The molecule has 25 heavy (non-hydrogen) atoms. The van der Waals surface area contributed by atoms with E-state index in [9.17, 15) is 14.7 Å². The first kappa shape index (κ1) is 18.1. The lowest BCUT2D eigenvalue weighted by Gasteiger charge is -2.15. The molecule has 0 fully saturated rings. The number of alkyl carbamates (subject to hydrolysis) is 1. The smallest absolute Gasteiger partial charge is 0.408 e. The van der Waals surface area contributed by atoms with Crippen LogP contribution in [0.5, 0.6) is 5.75 Å². The van der Waals surface area contributed by atoms with Crippen molar-refractivity contribution in [1.29, 1.82) is 0 Å². The largest absolute Gasteiger partial charge is 0.495 e. The van der Waals surface area contributed by atoms with E-state index in [-0.39, 0.29) is 13.0 Å². The lowest BCUT2D eigenvalue weighted by molar-refractivity contribution is -0.139. The van der Waals surface area contributed by atoms with E-state index >= 15 is 0 Å². The van der Waals surface area contributed by atoms with E-state index in [1.165, 1.54) is 7.11 Å². The Kier molecular flexibility index (Phi) is 6.22. The average Bonchev–Trinajstić information content (AvgIpc) is 2.60. The molecule has 0 saturated carbocycles. The molecule has 1 atom stereocenters. The molecule has 7 nitrogen and oxygen atoms in total. The minimum absolute atomic E-state index is 0.0640. The predicted molar refractivity (Wildman–Crippen MR) is 92.3 cm³/mol. The third kappa shape index (κ3) is 5.42. The number of nitrogens with two attached hydrogens (primary N) is 1. The molecule has 0 aliphatic heterocycles. The SMILES string of the molecule is COc1ccc(C[C@H](NC(=O)OCc2ccccc2)C(=O)O)cc1N. The van der Waals surface area contributed by atoms with Gasteiger partial charge in [0, 0.05) is 6.42 Å². The number of aliphatic carboxylic acids is 1. The van der Waals surface area contributed by atoms with Gasteiger partial charge in [-0.3, -0.25) is 0 Å². The highest BCUT2D eigenvalue weighted by molar-refractivity contribution is 5.80. The fraction of sp³-hybridized carbons (Fsp3) is 0.222. The van der Waals surface area contributed by atoms with Crippen LogP contribution < -0.4 is 15.8 Å². The van der Waals surface area contributed by atoms with Gasteiger partial charge in [0.1, 0.15) is 18.4 Å². The van der Waals surface area contributed by atoms with Crippen LogP contribution >= 0.6 is 0 Å². The fourth-order valence-electron chi connectivity index (χ4n) is 2.25. The van der Waals surface area contributed by atoms with Gasteiger partial charge in [-0.1, -0.05) is 36.4 Å². The maximum Gasteiger partial charge on any atom is 0.408 e. The zero-order valence-electron chi connectivity index (χ0n) is 13.8. The molecule has 0 aliphatic carbocycles. The second-order valence-electron chi connectivity index (χ2n) is 5.38. The molecule has 2 rings (SSSR count). The summed E-state index contributed by atoms with van der Waals surface area (Å²) >= 11 is 0. The van der Waals surface area contributed by atoms with Crippen molar-refractivity contribution in [3.05, 3.63) is 59.7 Å². The molecule has 0 unspecified atom stereocenters. The number of carbonyl (C=O) groups excluding carboxylic acids is 1. The number of carboxylic acid groups (broad SMARTS) is 1. The molecule has 1 amide bonds. The van der Waals surface area contributed by atoms with Crippen LogP contribution in [0, 0.1) is 0 Å². The highest BCUT2D eigenvalue weighted by Gasteiger charge is 2.21. The quantitative estimate of drug-likeness (QED) is 0.664. The standard InChI is InChI=1S/C18H20N2O5/c1-24-16-8-7-13(9-14(16)19)10-15(17(21)22)20-18(23)25-11-12-5-3-2-4-6-12/h2-9,15H,10-11,19H2,1H3,(H,20,23)(H,21,22)/t15-/m0/s1. The number of anilines is 1. The van der Waals surface area contributed by atoms with E-state index in [0.29, 0.717) is 17.0 Å². The van der Waals surface area contributed by atoms with Gasteiger partial charge in [0.25, 0.3) is 0 Å². The Morgan fingerprint density at radius 1 is 1.16 bits per heavy atom. The van der Waals surface area contributed by atoms with Gasteiger partial charge in [0.15, 0.2) is 0 Å².